The molecular formula is C6H15Cl3Si2. The summed E-state index contributed by atoms with van der Waals surface area (Å²) in [5, 5.41) is 0. The second kappa shape index (κ2) is 3.22. The van der Waals surface area contributed by atoms with Crippen LogP contribution in [0.4, 0.5) is 0 Å². The van der Waals surface area contributed by atoms with Gasteiger partial charge in [0.25, 0.3) is 0 Å². The van der Waals surface area contributed by atoms with Crippen molar-refractivity contribution in [1.29, 1.82) is 0 Å². The number of hydrogen-bond acceptors (Lipinski definition) is 0. The van der Waals surface area contributed by atoms with Crippen LogP contribution in [0.25, 0.3) is 0 Å². The quantitative estimate of drug-likeness (QED) is 0.395. The zero-order valence-corrected chi connectivity index (χ0v) is 11.9. The van der Waals surface area contributed by atoms with E-state index in [0.29, 0.717) is 0 Å². The minimum Gasteiger partial charge on any atom is -0.166 e. The summed E-state index contributed by atoms with van der Waals surface area (Å²) >= 11 is 18.9. The second-order valence-corrected chi connectivity index (χ2v) is 19.4. The molecule has 0 aromatic carbocycles. The fraction of sp³-hybridized carbons (Fsp3) is 1.00. The highest BCUT2D eigenvalue weighted by Gasteiger charge is 2.52. The molecule has 0 aliphatic rings. The molecule has 0 N–H and O–H groups in total. The molecule has 0 bridgehead atoms. The predicted octanol–water partition coefficient (Wildman–Crippen LogP) is 3.95. The van der Waals surface area contributed by atoms with Crippen molar-refractivity contribution in [3.8, 4) is 0 Å². The molecule has 0 amide bonds. The lowest BCUT2D eigenvalue weighted by Gasteiger charge is -2.39. The first-order chi connectivity index (χ1) is 4.50. The lowest BCUT2D eigenvalue weighted by molar-refractivity contribution is 1.14. The third-order valence-corrected chi connectivity index (χ3v) is 17.1. The number of hydrogen-bond donors (Lipinski definition) is 0. The van der Waals surface area contributed by atoms with Gasteiger partial charge in [-0.15, -0.1) is 11.6 Å². The molecule has 0 saturated heterocycles. The van der Waals surface area contributed by atoms with Crippen LogP contribution < -0.4 is 0 Å². The molecule has 0 atom stereocenters. The van der Waals surface area contributed by atoms with Crippen molar-refractivity contribution in [3.63, 3.8) is 0 Å². The predicted molar refractivity (Wildman–Crippen MR) is 60.9 cm³/mol. The van der Waals surface area contributed by atoms with E-state index < -0.39 is 14.8 Å². The largest absolute Gasteiger partial charge is 0.169 e. The minimum atomic E-state index is -1.85. The normalized spacial score (nSPS) is 15.3. The molecule has 5 heteroatoms. The first kappa shape index (κ1) is 12.3. The Kier molecular flexibility index (Phi) is 3.60. The van der Waals surface area contributed by atoms with E-state index in [9.17, 15) is 0 Å². The summed E-state index contributed by atoms with van der Waals surface area (Å²) < 4.78 is -0.344. The van der Waals surface area contributed by atoms with Crippen LogP contribution in [0.3, 0.4) is 0 Å². The van der Waals surface area contributed by atoms with Crippen molar-refractivity contribution < 1.29 is 0 Å². The van der Waals surface area contributed by atoms with Crippen molar-refractivity contribution in [2.75, 3.05) is 0 Å². The highest BCUT2D eigenvalue weighted by Crippen LogP contribution is 2.40. The smallest absolute Gasteiger partial charge is 0.166 e. The average molecular weight is 250 g/mol. The Balaban J connectivity index is 4.75. The molecule has 11 heavy (non-hydrogen) atoms. The second-order valence-electron chi connectivity index (χ2n) is 3.95. The van der Waals surface area contributed by atoms with Gasteiger partial charge in [-0.2, -0.15) is 22.2 Å². The van der Waals surface area contributed by atoms with Crippen LogP contribution in [0, 0.1) is 0 Å². The number of halogens is 3. The van der Waals surface area contributed by atoms with E-state index in [-0.39, 0.29) is 4.12 Å². The summed E-state index contributed by atoms with van der Waals surface area (Å²) in [6.45, 7) is 10.1. The van der Waals surface area contributed by atoms with E-state index in [4.69, 9.17) is 33.8 Å². The topological polar surface area (TPSA) is 0 Å². The van der Waals surface area contributed by atoms with E-state index in [0.717, 1.165) is 0 Å². The Labute approximate surface area is 85.6 Å². The maximum absolute atomic E-state index is 6.35. The van der Waals surface area contributed by atoms with Crippen LogP contribution in [0.2, 0.25) is 26.2 Å². The number of rotatable bonds is 2. The fourth-order valence-corrected chi connectivity index (χ4v) is 11.0. The van der Waals surface area contributed by atoms with Gasteiger partial charge < -0.3 is 0 Å². The molecule has 0 saturated carbocycles. The summed E-state index contributed by atoms with van der Waals surface area (Å²) in [5.41, 5.74) is 0. The van der Waals surface area contributed by atoms with Crippen molar-refractivity contribution in [2.24, 2.45) is 0 Å². The summed E-state index contributed by atoms with van der Waals surface area (Å²) in [4.78, 5) is 0. The van der Waals surface area contributed by atoms with E-state index in [1.165, 1.54) is 0 Å². The molecule has 0 aromatic rings. The minimum absolute atomic E-state index is 0.344. The van der Waals surface area contributed by atoms with Gasteiger partial charge in [0.15, 0.2) is 14.8 Å². The lowest BCUT2D eigenvalue weighted by atomic mass is 10.9. The molecule has 68 valence electrons. The maximum Gasteiger partial charge on any atom is 0.169 e. The van der Waals surface area contributed by atoms with Crippen LogP contribution in [-0.4, -0.2) is 18.9 Å². The van der Waals surface area contributed by atoms with Crippen LogP contribution >= 0.6 is 33.8 Å². The van der Waals surface area contributed by atoms with Crippen LogP contribution in [-0.2, 0) is 0 Å². The molecule has 0 heterocycles. The van der Waals surface area contributed by atoms with Gasteiger partial charge in [-0.3, -0.25) is 0 Å². The third-order valence-electron chi connectivity index (χ3n) is 2.23. The molecule has 0 rings (SSSR count). The van der Waals surface area contributed by atoms with Crippen molar-refractivity contribution in [1.82, 2.24) is 0 Å². The van der Waals surface area contributed by atoms with Gasteiger partial charge in [-0.25, -0.2) is 0 Å². The lowest BCUT2D eigenvalue weighted by Crippen LogP contribution is -2.58. The first-order valence-electron chi connectivity index (χ1n) is 3.57. The van der Waals surface area contributed by atoms with Gasteiger partial charge in [-0.1, -0.05) is 26.2 Å². The summed E-state index contributed by atoms with van der Waals surface area (Å²) in [7, 11) is -3.71. The molecule has 0 fully saturated rings. The Morgan fingerprint density at radius 3 is 1.09 bits per heavy atom. The molecule has 0 nitrogen and oxygen atoms in total. The summed E-state index contributed by atoms with van der Waals surface area (Å²) in [5.74, 6) is 0. The molecule has 0 aromatic heterocycles. The van der Waals surface area contributed by atoms with Gasteiger partial charge in [-0.05, 0) is 6.92 Å². The third kappa shape index (κ3) is 2.63. The van der Waals surface area contributed by atoms with Gasteiger partial charge in [0.05, 0.1) is 4.12 Å². The van der Waals surface area contributed by atoms with Crippen molar-refractivity contribution >= 4 is 48.5 Å². The molecule has 0 radical (unpaired) electrons. The van der Waals surface area contributed by atoms with Gasteiger partial charge in [0.1, 0.15) is 0 Å². The van der Waals surface area contributed by atoms with E-state index in [2.05, 4.69) is 0 Å². The SMILES string of the molecule is CC(Cl)([Si](C)(C)Cl)[Si](C)(C)Cl. The van der Waals surface area contributed by atoms with Crippen molar-refractivity contribution in [3.05, 3.63) is 0 Å². The van der Waals surface area contributed by atoms with E-state index >= 15 is 0 Å². The fourth-order valence-electron chi connectivity index (χ4n) is 0.707. The van der Waals surface area contributed by atoms with Crippen LogP contribution in [0.1, 0.15) is 6.92 Å². The van der Waals surface area contributed by atoms with Crippen LogP contribution in [0.5, 0.6) is 0 Å². The Bertz CT molecular complexity index is 127. The molecular weight excluding hydrogens is 235 g/mol. The molecule has 0 unspecified atom stereocenters. The van der Waals surface area contributed by atoms with Crippen LogP contribution in [0.15, 0.2) is 0 Å². The Hall–Kier alpha value is 1.30. The van der Waals surface area contributed by atoms with Gasteiger partial charge in [0.2, 0.25) is 0 Å². The monoisotopic (exact) mass is 248 g/mol. The average Bonchev–Trinajstić information content (AvgIpc) is 1.58. The first-order valence-corrected chi connectivity index (χ1v) is 12.0. The molecule has 0 spiro atoms. The van der Waals surface area contributed by atoms with E-state index in [1.54, 1.807) is 0 Å². The standard InChI is InChI=1S/C6H15Cl3Si2/c1-6(7,10(2,3)8)11(4,5)9/h1-5H3. The number of alkyl halides is 1. The summed E-state index contributed by atoms with van der Waals surface area (Å²) in [6, 6.07) is 0. The maximum atomic E-state index is 6.35. The summed E-state index contributed by atoms with van der Waals surface area (Å²) in [6.07, 6.45) is 0. The highest BCUT2D eigenvalue weighted by molar-refractivity contribution is 7.38. The van der Waals surface area contributed by atoms with Gasteiger partial charge >= 0.3 is 0 Å². The molecule has 0 aliphatic heterocycles. The Morgan fingerprint density at radius 1 is 0.909 bits per heavy atom. The van der Waals surface area contributed by atoms with E-state index in [1.807, 2.05) is 33.1 Å². The highest BCUT2D eigenvalue weighted by atomic mass is 35.6. The zero-order valence-electron chi connectivity index (χ0n) is 7.63. The molecule has 0 aliphatic carbocycles. The van der Waals surface area contributed by atoms with Gasteiger partial charge in [0, 0.05) is 0 Å². The Morgan fingerprint density at radius 2 is 1.09 bits per heavy atom. The zero-order chi connectivity index (χ0) is 9.50. The van der Waals surface area contributed by atoms with Crippen molar-refractivity contribution in [2.45, 2.75) is 37.2 Å².